The first-order valence-electron chi connectivity index (χ1n) is 14.4. The number of thiazole rings is 1. The Hall–Kier alpha value is -4.16. The number of hydrogen-bond donors (Lipinski definition) is 2. The van der Waals surface area contributed by atoms with E-state index >= 15 is 0 Å². The molecule has 218 valence electrons. The second-order valence-electron chi connectivity index (χ2n) is 11.0. The molecule has 1 aromatic carbocycles. The summed E-state index contributed by atoms with van der Waals surface area (Å²) in [6.07, 6.45) is 12.1. The Morgan fingerprint density at radius 1 is 1.17 bits per heavy atom. The second kappa shape index (κ2) is 12.0. The number of nitrogens with zero attached hydrogens (tertiary/aromatic N) is 7. The van der Waals surface area contributed by atoms with Crippen LogP contribution in [0.2, 0.25) is 0 Å². The van der Waals surface area contributed by atoms with E-state index in [1.54, 1.807) is 18.2 Å². The van der Waals surface area contributed by atoms with Crippen LogP contribution in [0.4, 0.5) is 10.9 Å². The molecular weight excluding hydrogens is 550 g/mol. The number of fused-ring (bicyclic) bond motifs is 1. The van der Waals surface area contributed by atoms with Gasteiger partial charge in [-0.25, -0.2) is 19.6 Å². The molecule has 6 rings (SSSR count). The molecule has 3 aromatic heterocycles. The highest BCUT2D eigenvalue weighted by Gasteiger charge is 2.30. The predicted octanol–water partition coefficient (Wildman–Crippen LogP) is 4.16. The fourth-order valence-corrected chi connectivity index (χ4v) is 6.27. The number of carbonyl (C=O) groups excluding carboxylic acids is 2. The lowest BCUT2D eigenvalue weighted by Gasteiger charge is -2.16. The highest BCUT2D eigenvalue weighted by molar-refractivity contribution is 7.15. The van der Waals surface area contributed by atoms with Gasteiger partial charge in [-0.05, 0) is 44.9 Å². The van der Waals surface area contributed by atoms with Gasteiger partial charge in [0.25, 0.3) is 5.91 Å². The van der Waals surface area contributed by atoms with Crippen molar-refractivity contribution in [2.45, 2.75) is 51.1 Å². The van der Waals surface area contributed by atoms with Gasteiger partial charge in [-0.15, -0.1) is 11.3 Å². The first kappa shape index (κ1) is 28.0. The van der Waals surface area contributed by atoms with Crippen LogP contribution in [0.5, 0.6) is 0 Å². The highest BCUT2D eigenvalue weighted by Crippen LogP contribution is 2.34. The molecule has 0 bridgehead atoms. The number of nitrogen functional groups attached to an aromatic ring is 1. The molecule has 2 aliphatic rings. The van der Waals surface area contributed by atoms with Crippen molar-refractivity contribution in [3.05, 3.63) is 59.4 Å². The zero-order valence-corrected chi connectivity index (χ0v) is 24.7. The van der Waals surface area contributed by atoms with E-state index < -0.39 is 0 Å². The van der Waals surface area contributed by atoms with Crippen LogP contribution in [0.15, 0.2) is 48.9 Å². The van der Waals surface area contributed by atoms with Crippen LogP contribution < -0.4 is 11.1 Å². The number of likely N-dealkylation sites (N-methyl/N-ethyl adjacent to an activating group) is 1. The average molecular weight is 586 g/mol. The van der Waals surface area contributed by atoms with Crippen molar-refractivity contribution < 1.29 is 9.59 Å². The smallest absolute Gasteiger partial charge is 0.257 e. The summed E-state index contributed by atoms with van der Waals surface area (Å²) in [4.78, 5) is 44.1. The SMILES string of the molecule is CCCc1cnc(NC(=O)c2ccc(-c3nn([C@@H]4CCN(C(=O)C=CCN(C)C5CC5)C4)c4ncnc(N)c34)cc2)s1. The number of rotatable bonds is 10. The van der Waals surface area contributed by atoms with Crippen LogP contribution in [0.25, 0.3) is 22.3 Å². The molecule has 1 atom stereocenters. The standard InChI is InChI=1S/C30H35N9O2S/c1-3-5-23-16-32-30(42-23)35-29(41)20-9-7-19(8-10-20)26-25-27(31)33-18-34-28(25)39(36-26)22-13-15-38(17-22)24(40)6-4-14-37(2)21-11-12-21/h4,6-10,16,18,21-22H,3,5,11-15,17H2,1-2H3,(H2,31,33,34)(H,32,35,41)/t22-/m1/s1. The van der Waals surface area contributed by atoms with Crippen LogP contribution >= 0.6 is 11.3 Å². The predicted molar refractivity (Wildman–Crippen MR) is 164 cm³/mol. The summed E-state index contributed by atoms with van der Waals surface area (Å²) >= 11 is 1.49. The van der Waals surface area contributed by atoms with E-state index in [1.807, 2.05) is 34.0 Å². The van der Waals surface area contributed by atoms with E-state index in [1.165, 1.54) is 30.5 Å². The molecule has 2 fully saturated rings. The van der Waals surface area contributed by atoms with E-state index in [0.717, 1.165) is 36.2 Å². The van der Waals surface area contributed by atoms with Crippen molar-refractivity contribution in [1.29, 1.82) is 0 Å². The normalized spacial score (nSPS) is 17.1. The maximum absolute atomic E-state index is 12.9. The largest absolute Gasteiger partial charge is 0.383 e. The van der Waals surface area contributed by atoms with Gasteiger partial charge in [0.1, 0.15) is 17.8 Å². The van der Waals surface area contributed by atoms with E-state index in [4.69, 9.17) is 10.8 Å². The molecule has 1 saturated carbocycles. The Morgan fingerprint density at radius 3 is 2.74 bits per heavy atom. The van der Waals surface area contributed by atoms with Crippen LogP contribution in [-0.4, -0.2) is 79.1 Å². The van der Waals surface area contributed by atoms with Crippen molar-refractivity contribution >= 4 is 45.1 Å². The number of nitrogens with two attached hydrogens (primary N) is 1. The molecule has 4 aromatic rings. The number of aromatic nitrogens is 5. The molecule has 42 heavy (non-hydrogen) atoms. The molecule has 11 nitrogen and oxygen atoms in total. The van der Waals surface area contributed by atoms with Crippen molar-refractivity contribution in [3.63, 3.8) is 0 Å². The summed E-state index contributed by atoms with van der Waals surface area (Å²) in [7, 11) is 2.10. The van der Waals surface area contributed by atoms with Crippen LogP contribution in [0.1, 0.15) is 53.9 Å². The van der Waals surface area contributed by atoms with Gasteiger partial charge in [-0.1, -0.05) is 31.6 Å². The number of anilines is 2. The maximum Gasteiger partial charge on any atom is 0.257 e. The number of aryl methyl sites for hydroxylation is 1. The molecule has 3 N–H and O–H groups in total. The topological polar surface area (TPSA) is 135 Å². The van der Waals surface area contributed by atoms with Crippen LogP contribution in [-0.2, 0) is 11.2 Å². The zero-order chi connectivity index (χ0) is 29.2. The minimum absolute atomic E-state index is 0.0146. The van der Waals surface area contributed by atoms with Crippen molar-refractivity contribution in [1.82, 2.24) is 34.5 Å². The molecule has 12 heteroatoms. The number of benzene rings is 1. The molecule has 1 aliphatic heterocycles. The summed E-state index contributed by atoms with van der Waals surface area (Å²) in [6, 6.07) is 7.85. The van der Waals surface area contributed by atoms with Crippen molar-refractivity contribution in [2.75, 3.05) is 37.7 Å². The van der Waals surface area contributed by atoms with Crippen molar-refractivity contribution in [2.24, 2.45) is 0 Å². The molecular formula is C30H35N9O2S. The Labute approximate surface area is 248 Å². The monoisotopic (exact) mass is 585 g/mol. The van der Waals surface area contributed by atoms with Gasteiger partial charge in [0.05, 0.1) is 11.4 Å². The molecule has 1 aliphatic carbocycles. The van der Waals surface area contributed by atoms with Crippen LogP contribution in [0.3, 0.4) is 0 Å². The molecule has 1 saturated heterocycles. The van der Waals surface area contributed by atoms with Gasteiger partial charge >= 0.3 is 0 Å². The number of nitrogens with one attached hydrogen (secondary N) is 1. The first-order valence-corrected chi connectivity index (χ1v) is 15.2. The first-order chi connectivity index (χ1) is 20.4. The zero-order valence-electron chi connectivity index (χ0n) is 23.9. The van der Waals surface area contributed by atoms with Crippen LogP contribution in [0, 0.1) is 0 Å². The Bertz CT molecular complexity index is 1620. The maximum atomic E-state index is 12.9. The quantitative estimate of drug-likeness (QED) is 0.265. The van der Waals surface area contributed by atoms with Gasteiger partial charge in [0.2, 0.25) is 5.91 Å². The van der Waals surface area contributed by atoms with E-state index in [2.05, 4.69) is 39.1 Å². The number of hydrogen-bond acceptors (Lipinski definition) is 9. The molecule has 4 heterocycles. The minimum Gasteiger partial charge on any atom is -0.383 e. The summed E-state index contributed by atoms with van der Waals surface area (Å²) < 4.78 is 1.87. The third-order valence-electron chi connectivity index (χ3n) is 7.85. The molecule has 2 amide bonds. The summed E-state index contributed by atoms with van der Waals surface area (Å²) in [5.41, 5.74) is 8.91. The van der Waals surface area contributed by atoms with E-state index in [0.29, 0.717) is 52.4 Å². The molecule has 0 radical (unpaired) electrons. The number of likely N-dealkylation sites (tertiary alicyclic amines) is 1. The van der Waals surface area contributed by atoms with Gasteiger partial charge in [0.15, 0.2) is 10.8 Å². The molecule has 0 unspecified atom stereocenters. The number of carbonyl (C=O) groups is 2. The van der Waals surface area contributed by atoms with Gasteiger partial charge in [-0.2, -0.15) is 5.10 Å². The Balaban J connectivity index is 1.18. The molecule has 0 spiro atoms. The van der Waals surface area contributed by atoms with Gasteiger partial charge < -0.3 is 10.6 Å². The Kier molecular flexibility index (Phi) is 7.98. The van der Waals surface area contributed by atoms with Gasteiger partial charge in [-0.3, -0.25) is 19.8 Å². The third kappa shape index (κ3) is 5.90. The summed E-state index contributed by atoms with van der Waals surface area (Å²) in [5, 5.41) is 9.07. The fraction of sp³-hybridized carbons (Fsp3) is 0.400. The van der Waals surface area contributed by atoms with Crippen molar-refractivity contribution in [3.8, 4) is 11.3 Å². The van der Waals surface area contributed by atoms with E-state index in [9.17, 15) is 9.59 Å². The average Bonchev–Trinajstić information content (AvgIpc) is 3.36. The number of amides is 2. The van der Waals surface area contributed by atoms with Gasteiger partial charge in [0, 0.05) is 54.0 Å². The second-order valence-corrected chi connectivity index (χ2v) is 12.1. The lowest BCUT2D eigenvalue weighted by Crippen LogP contribution is -2.28. The fourth-order valence-electron chi connectivity index (χ4n) is 5.36. The summed E-state index contributed by atoms with van der Waals surface area (Å²) in [5.74, 6) is 0.130. The lowest BCUT2D eigenvalue weighted by atomic mass is 10.1. The Morgan fingerprint density at radius 2 is 1.98 bits per heavy atom. The minimum atomic E-state index is -0.221. The lowest BCUT2D eigenvalue weighted by molar-refractivity contribution is -0.125. The summed E-state index contributed by atoms with van der Waals surface area (Å²) in [6.45, 7) is 4.08. The third-order valence-corrected chi connectivity index (χ3v) is 8.83. The van der Waals surface area contributed by atoms with E-state index in [-0.39, 0.29) is 17.9 Å². The highest BCUT2D eigenvalue weighted by atomic mass is 32.1.